The van der Waals surface area contributed by atoms with Crippen molar-refractivity contribution in [2.75, 3.05) is 26.7 Å². The van der Waals surface area contributed by atoms with Gasteiger partial charge in [0, 0.05) is 29.8 Å². The maximum absolute atomic E-state index is 12.8. The van der Waals surface area contributed by atoms with Crippen LogP contribution in [0.25, 0.3) is 0 Å². The van der Waals surface area contributed by atoms with Crippen molar-refractivity contribution < 1.29 is 29.9 Å². The summed E-state index contributed by atoms with van der Waals surface area (Å²) in [7, 11) is 2.10. The van der Waals surface area contributed by atoms with E-state index in [-0.39, 0.29) is 23.6 Å². The fraction of sp³-hybridized carbons (Fsp3) is 0.622. The SMILES string of the molecule is CN1CCC23c4c5ccc(O)c4OC2/C(=N\N=C2\CCC4(O)C6Cc7ccc(O)c8c7C4(CCN6CC4CC4)C2O8)CCC3(O)C1C5. The van der Waals surface area contributed by atoms with Gasteiger partial charge in [-0.15, -0.1) is 0 Å². The summed E-state index contributed by atoms with van der Waals surface area (Å²) in [5, 5.41) is 57.3. The van der Waals surface area contributed by atoms with Crippen LogP contribution >= 0.6 is 0 Å². The average Bonchev–Trinajstić information content (AvgIpc) is 3.69. The van der Waals surface area contributed by atoms with Crippen molar-refractivity contribution >= 4 is 11.4 Å². The first-order chi connectivity index (χ1) is 22.7. The first-order valence-corrected chi connectivity index (χ1v) is 17.8. The quantitative estimate of drug-likeness (QED) is 0.378. The van der Waals surface area contributed by atoms with Gasteiger partial charge in [-0.25, -0.2) is 0 Å². The predicted octanol–water partition coefficient (Wildman–Crippen LogP) is 2.94. The highest BCUT2D eigenvalue weighted by molar-refractivity contribution is 5.97. The minimum atomic E-state index is -1.00. The summed E-state index contributed by atoms with van der Waals surface area (Å²) in [4.78, 5) is 4.82. The molecule has 4 heterocycles. The molecule has 10 heteroatoms. The van der Waals surface area contributed by atoms with Crippen LogP contribution in [0.4, 0.5) is 0 Å². The number of benzene rings is 2. The van der Waals surface area contributed by atoms with Crippen LogP contribution in [-0.4, -0.2) is 104 Å². The lowest BCUT2D eigenvalue weighted by atomic mass is 9.49. The van der Waals surface area contributed by atoms with Gasteiger partial charge in [0.15, 0.2) is 35.2 Å². The molecule has 2 aromatic rings. The van der Waals surface area contributed by atoms with Gasteiger partial charge < -0.3 is 34.8 Å². The van der Waals surface area contributed by atoms with Crippen LogP contribution in [-0.2, 0) is 23.7 Å². The van der Waals surface area contributed by atoms with Crippen LogP contribution < -0.4 is 9.47 Å². The number of phenolic OH excluding ortho intramolecular Hbond substituents is 2. The molecule has 4 aliphatic heterocycles. The van der Waals surface area contributed by atoms with Crippen LogP contribution in [0.1, 0.15) is 73.6 Å². The van der Waals surface area contributed by atoms with Crippen molar-refractivity contribution in [3.63, 3.8) is 0 Å². The fourth-order valence-electron chi connectivity index (χ4n) is 12.2. The van der Waals surface area contributed by atoms with Crippen LogP contribution in [0, 0.1) is 5.92 Å². The Labute approximate surface area is 273 Å². The van der Waals surface area contributed by atoms with E-state index in [1.807, 2.05) is 12.1 Å². The lowest BCUT2D eigenvalue weighted by molar-refractivity contribution is -0.166. The molecule has 5 fully saturated rings. The van der Waals surface area contributed by atoms with Crippen molar-refractivity contribution in [2.45, 2.75) is 111 Å². The van der Waals surface area contributed by atoms with E-state index in [0.29, 0.717) is 43.6 Å². The molecule has 8 atom stereocenters. The summed E-state index contributed by atoms with van der Waals surface area (Å²) < 4.78 is 13.4. The topological polar surface area (TPSA) is 131 Å². The molecule has 3 saturated carbocycles. The van der Waals surface area contributed by atoms with E-state index < -0.39 is 34.2 Å². The average molecular weight is 639 g/mol. The van der Waals surface area contributed by atoms with E-state index in [1.54, 1.807) is 12.1 Å². The molecule has 246 valence electrons. The molecule has 9 aliphatic rings. The molecule has 2 spiro atoms. The van der Waals surface area contributed by atoms with Crippen molar-refractivity contribution in [1.29, 1.82) is 0 Å². The smallest absolute Gasteiger partial charge is 0.166 e. The molecule has 0 aromatic heterocycles. The molecule has 4 N–H and O–H groups in total. The number of hydrogen-bond donors (Lipinski definition) is 4. The summed E-state index contributed by atoms with van der Waals surface area (Å²) in [6, 6.07) is 7.45. The van der Waals surface area contributed by atoms with Gasteiger partial charge in [-0.2, -0.15) is 10.2 Å². The van der Waals surface area contributed by atoms with Gasteiger partial charge in [0.25, 0.3) is 0 Å². The highest BCUT2D eigenvalue weighted by atomic mass is 16.5. The Morgan fingerprint density at radius 1 is 0.745 bits per heavy atom. The lowest BCUT2D eigenvalue weighted by Crippen LogP contribution is -2.76. The third-order valence-corrected chi connectivity index (χ3v) is 14.4. The van der Waals surface area contributed by atoms with Crippen LogP contribution in [0.3, 0.4) is 0 Å². The van der Waals surface area contributed by atoms with Crippen LogP contribution in [0.2, 0.25) is 0 Å². The van der Waals surface area contributed by atoms with Gasteiger partial charge in [-0.05, 0) is 114 Å². The Hall–Kier alpha value is -3.18. The number of piperidine rings is 2. The molecule has 47 heavy (non-hydrogen) atoms. The molecule has 0 amide bonds. The summed E-state index contributed by atoms with van der Waals surface area (Å²) >= 11 is 0. The minimum absolute atomic E-state index is 0.00451. The van der Waals surface area contributed by atoms with Crippen molar-refractivity contribution in [1.82, 2.24) is 9.80 Å². The largest absolute Gasteiger partial charge is 0.504 e. The molecule has 4 bridgehead atoms. The van der Waals surface area contributed by atoms with E-state index in [0.717, 1.165) is 78.5 Å². The molecule has 0 radical (unpaired) electrons. The molecule has 5 aliphatic carbocycles. The molecule has 10 nitrogen and oxygen atoms in total. The zero-order chi connectivity index (χ0) is 31.7. The van der Waals surface area contributed by atoms with Gasteiger partial charge in [0.05, 0.1) is 33.5 Å². The van der Waals surface area contributed by atoms with Gasteiger partial charge in [0.2, 0.25) is 0 Å². The number of aliphatic hydroxyl groups is 2. The van der Waals surface area contributed by atoms with Gasteiger partial charge in [-0.1, -0.05) is 12.1 Å². The van der Waals surface area contributed by atoms with E-state index in [9.17, 15) is 20.4 Å². The second-order valence-corrected chi connectivity index (χ2v) is 16.2. The van der Waals surface area contributed by atoms with Crippen molar-refractivity contribution in [2.24, 2.45) is 16.1 Å². The monoisotopic (exact) mass is 638 g/mol. The maximum Gasteiger partial charge on any atom is 0.166 e. The number of nitrogens with zero attached hydrogens (tertiary/aromatic N) is 4. The molecular weight excluding hydrogens is 596 g/mol. The highest BCUT2D eigenvalue weighted by Crippen LogP contribution is 2.66. The molecule has 11 rings (SSSR count). The Morgan fingerprint density at radius 2 is 1.28 bits per heavy atom. The van der Waals surface area contributed by atoms with Crippen LogP contribution in [0.15, 0.2) is 34.5 Å². The zero-order valence-electron chi connectivity index (χ0n) is 26.8. The second-order valence-electron chi connectivity index (χ2n) is 16.2. The summed E-state index contributed by atoms with van der Waals surface area (Å²) in [6.07, 6.45) is 6.64. The normalized spacial score (nSPS) is 43.8. The maximum atomic E-state index is 12.8. The minimum Gasteiger partial charge on any atom is -0.504 e. The van der Waals surface area contributed by atoms with Gasteiger partial charge in [-0.3, -0.25) is 4.90 Å². The highest BCUT2D eigenvalue weighted by Gasteiger charge is 2.74. The van der Waals surface area contributed by atoms with E-state index in [1.165, 1.54) is 12.8 Å². The third-order valence-electron chi connectivity index (χ3n) is 14.4. The standard InChI is InChI=1S/C37H42N4O6/c1-40-14-12-34-28-20-4-6-24(42)30(28)46-32(34)22(8-10-36(34,44)26(40)16-20)38-39-23-9-11-37(45)27-17-21-5-7-25(43)31-29(21)35(37,33(23)47-31)13-15-41(27)18-19-2-3-19/h4-7,19,26-27,32-33,42-45H,2-3,8-18H2,1H3/b38-22-,39-23-. The Kier molecular flexibility index (Phi) is 5.13. The molecule has 8 unspecified atom stereocenters. The number of hydrogen-bond acceptors (Lipinski definition) is 10. The van der Waals surface area contributed by atoms with Crippen molar-refractivity contribution in [3.05, 3.63) is 46.5 Å². The number of aromatic hydroxyl groups is 2. The lowest BCUT2D eigenvalue weighted by Gasteiger charge is -2.63. The second kappa shape index (κ2) is 8.69. The Bertz CT molecular complexity index is 1840. The fourth-order valence-corrected chi connectivity index (χ4v) is 12.2. The number of ether oxygens (including phenoxy) is 2. The van der Waals surface area contributed by atoms with E-state index in [4.69, 9.17) is 19.7 Å². The predicted molar refractivity (Wildman–Crippen MR) is 173 cm³/mol. The first kappa shape index (κ1) is 27.7. The third kappa shape index (κ3) is 3.06. The Balaban J connectivity index is 1.02. The van der Waals surface area contributed by atoms with Gasteiger partial charge in [0.1, 0.15) is 0 Å². The molecule has 2 saturated heterocycles. The number of phenols is 2. The zero-order valence-corrected chi connectivity index (χ0v) is 26.8. The van der Waals surface area contributed by atoms with Crippen LogP contribution in [0.5, 0.6) is 23.0 Å². The Morgan fingerprint density at radius 3 is 1.85 bits per heavy atom. The summed E-state index contributed by atoms with van der Waals surface area (Å²) in [5.41, 5.74) is 2.44. The molecular formula is C37H42N4O6. The first-order valence-electron chi connectivity index (χ1n) is 17.8. The number of likely N-dealkylation sites (tertiary alicyclic amines) is 2. The molecule has 2 aromatic carbocycles. The summed E-state index contributed by atoms with van der Waals surface area (Å²) in [5.74, 6) is 1.95. The summed E-state index contributed by atoms with van der Waals surface area (Å²) in [6.45, 7) is 2.74. The van der Waals surface area contributed by atoms with Gasteiger partial charge >= 0.3 is 0 Å². The van der Waals surface area contributed by atoms with Crippen molar-refractivity contribution in [3.8, 4) is 23.0 Å². The van der Waals surface area contributed by atoms with E-state index >= 15 is 0 Å². The van der Waals surface area contributed by atoms with E-state index in [2.05, 4.69) is 16.8 Å². The number of rotatable bonds is 3. The number of likely N-dealkylation sites (N-methyl/N-ethyl adjacent to an activating group) is 1.